The van der Waals surface area contributed by atoms with E-state index in [1.165, 1.54) is 27.4 Å². The summed E-state index contributed by atoms with van der Waals surface area (Å²) in [6, 6.07) is 12.8. The Morgan fingerprint density at radius 1 is 1.00 bits per heavy atom. The number of rotatable bonds is 0. The highest BCUT2D eigenvalue weighted by Gasteiger charge is 2.14. The molecular weight excluding hydrogens is 198 g/mol. The molecule has 0 bridgehead atoms. The summed E-state index contributed by atoms with van der Waals surface area (Å²) in [7, 11) is 0. The van der Waals surface area contributed by atoms with Crippen LogP contribution < -0.4 is 4.74 Å². The Morgan fingerprint density at radius 2 is 1.94 bits per heavy atom. The summed E-state index contributed by atoms with van der Waals surface area (Å²) in [5.41, 5.74) is 3.69. The molecule has 3 aromatic rings. The third kappa shape index (κ3) is 0.963. The Hall–Kier alpha value is -1.96. The molecule has 1 N–H and O–H groups in total. The molecule has 2 heterocycles. The van der Waals surface area contributed by atoms with E-state index in [9.17, 15) is 0 Å². The molecule has 0 atom stereocenters. The quantitative estimate of drug-likeness (QED) is 0.604. The van der Waals surface area contributed by atoms with Crippen molar-refractivity contribution >= 4 is 21.8 Å². The summed E-state index contributed by atoms with van der Waals surface area (Å²) in [5, 5.41) is 2.60. The van der Waals surface area contributed by atoms with Crippen molar-refractivity contribution in [3.8, 4) is 5.75 Å². The van der Waals surface area contributed by atoms with Gasteiger partial charge in [-0.1, -0.05) is 18.2 Å². The molecule has 4 rings (SSSR count). The van der Waals surface area contributed by atoms with E-state index in [1.807, 2.05) is 0 Å². The molecular formula is C14H11NO. The van der Waals surface area contributed by atoms with Crippen LogP contribution in [0.5, 0.6) is 5.75 Å². The normalized spacial score (nSPS) is 14.2. The fourth-order valence-corrected chi connectivity index (χ4v) is 2.52. The maximum Gasteiger partial charge on any atom is 0.124 e. The van der Waals surface area contributed by atoms with E-state index in [1.54, 1.807) is 0 Å². The van der Waals surface area contributed by atoms with Gasteiger partial charge in [0.1, 0.15) is 5.75 Å². The maximum absolute atomic E-state index is 5.58. The number of H-pyrrole nitrogens is 1. The van der Waals surface area contributed by atoms with Crippen LogP contribution in [0.3, 0.4) is 0 Å². The number of hydrogen-bond donors (Lipinski definition) is 1. The molecule has 78 valence electrons. The highest BCUT2D eigenvalue weighted by atomic mass is 16.5. The number of nitrogens with one attached hydrogen (secondary N) is 1. The summed E-state index contributed by atoms with van der Waals surface area (Å²) >= 11 is 0. The highest BCUT2D eigenvalue weighted by Crippen LogP contribution is 2.33. The minimum Gasteiger partial charge on any atom is -0.493 e. The highest BCUT2D eigenvalue weighted by molar-refractivity contribution is 6.07. The lowest BCUT2D eigenvalue weighted by Crippen LogP contribution is -1.85. The fraction of sp³-hybridized carbons (Fsp3) is 0.143. The SMILES string of the molecule is c1ccc2c(c1)[nH]c1cc3c(cc12)CCO3. The van der Waals surface area contributed by atoms with Gasteiger partial charge < -0.3 is 9.72 Å². The second kappa shape index (κ2) is 2.79. The summed E-state index contributed by atoms with van der Waals surface area (Å²) < 4.78 is 5.58. The average molecular weight is 209 g/mol. The molecule has 16 heavy (non-hydrogen) atoms. The van der Waals surface area contributed by atoms with Crippen molar-refractivity contribution in [2.45, 2.75) is 6.42 Å². The smallest absolute Gasteiger partial charge is 0.124 e. The van der Waals surface area contributed by atoms with Gasteiger partial charge in [-0.25, -0.2) is 0 Å². The van der Waals surface area contributed by atoms with Crippen LogP contribution in [0.2, 0.25) is 0 Å². The monoisotopic (exact) mass is 209 g/mol. The van der Waals surface area contributed by atoms with Gasteiger partial charge in [-0.05, 0) is 17.7 Å². The zero-order valence-electron chi connectivity index (χ0n) is 8.79. The number of fused-ring (bicyclic) bond motifs is 4. The van der Waals surface area contributed by atoms with Crippen LogP contribution in [0.15, 0.2) is 36.4 Å². The van der Waals surface area contributed by atoms with Crippen LogP contribution in [-0.2, 0) is 6.42 Å². The molecule has 0 unspecified atom stereocenters. The molecule has 0 amide bonds. The maximum atomic E-state index is 5.58. The van der Waals surface area contributed by atoms with E-state index >= 15 is 0 Å². The van der Waals surface area contributed by atoms with E-state index in [0.717, 1.165) is 18.8 Å². The lowest BCUT2D eigenvalue weighted by Gasteiger charge is -1.98. The Bertz CT molecular complexity index is 696. The second-order valence-electron chi connectivity index (χ2n) is 4.27. The Labute approximate surface area is 92.8 Å². The zero-order valence-corrected chi connectivity index (χ0v) is 8.79. The lowest BCUT2D eigenvalue weighted by molar-refractivity contribution is 0.357. The largest absolute Gasteiger partial charge is 0.493 e. The van der Waals surface area contributed by atoms with Crippen LogP contribution in [0.25, 0.3) is 21.8 Å². The van der Waals surface area contributed by atoms with E-state index in [4.69, 9.17) is 4.74 Å². The number of benzene rings is 2. The van der Waals surface area contributed by atoms with Crippen molar-refractivity contribution in [2.75, 3.05) is 6.61 Å². The summed E-state index contributed by atoms with van der Waals surface area (Å²) in [4.78, 5) is 3.43. The molecule has 2 nitrogen and oxygen atoms in total. The van der Waals surface area contributed by atoms with Crippen molar-refractivity contribution in [3.05, 3.63) is 42.0 Å². The molecule has 0 spiro atoms. The van der Waals surface area contributed by atoms with Gasteiger partial charge in [0.2, 0.25) is 0 Å². The molecule has 0 radical (unpaired) electrons. The van der Waals surface area contributed by atoms with Crippen molar-refractivity contribution < 1.29 is 4.74 Å². The number of ether oxygens (including phenoxy) is 1. The lowest BCUT2D eigenvalue weighted by atomic mass is 10.1. The zero-order chi connectivity index (χ0) is 10.5. The van der Waals surface area contributed by atoms with Crippen molar-refractivity contribution in [1.82, 2.24) is 4.98 Å². The van der Waals surface area contributed by atoms with E-state index in [-0.39, 0.29) is 0 Å². The third-order valence-corrected chi connectivity index (χ3v) is 3.32. The molecule has 0 saturated heterocycles. The van der Waals surface area contributed by atoms with Gasteiger partial charge in [0, 0.05) is 28.8 Å². The van der Waals surface area contributed by atoms with Gasteiger partial charge in [0.15, 0.2) is 0 Å². The predicted octanol–water partition coefficient (Wildman–Crippen LogP) is 3.26. The second-order valence-corrected chi connectivity index (χ2v) is 4.27. The summed E-state index contributed by atoms with van der Waals surface area (Å²) in [5.74, 6) is 1.04. The standard InChI is InChI=1S/C14H11NO/c1-2-4-12-10(3-1)11-7-9-5-6-16-14(9)8-13(11)15-12/h1-4,7-8,15H,5-6H2. The van der Waals surface area contributed by atoms with E-state index in [2.05, 4.69) is 41.4 Å². The van der Waals surface area contributed by atoms with Crippen LogP contribution in [0, 0.1) is 0 Å². The van der Waals surface area contributed by atoms with Gasteiger partial charge >= 0.3 is 0 Å². The molecule has 1 aliphatic heterocycles. The van der Waals surface area contributed by atoms with Gasteiger partial charge in [0.05, 0.1) is 12.1 Å². The molecule has 1 aliphatic rings. The minimum atomic E-state index is 0.819. The van der Waals surface area contributed by atoms with Crippen LogP contribution >= 0.6 is 0 Å². The Balaban J connectivity index is 2.19. The average Bonchev–Trinajstić information content (AvgIpc) is 2.88. The molecule has 0 aliphatic carbocycles. The van der Waals surface area contributed by atoms with E-state index < -0.39 is 0 Å². The predicted molar refractivity (Wildman–Crippen MR) is 65.0 cm³/mol. The first-order chi connectivity index (χ1) is 7.92. The molecule has 0 saturated carbocycles. The van der Waals surface area contributed by atoms with Crippen LogP contribution in [-0.4, -0.2) is 11.6 Å². The van der Waals surface area contributed by atoms with Gasteiger partial charge in [0.25, 0.3) is 0 Å². The van der Waals surface area contributed by atoms with E-state index in [0.29, 0.717) is 0 Å². The van der Waals surface area contributed by atoms with Gasteiger partial charge in [-0.2, -0.15) is 0 Å². The van der Waals surface area contributed by atoms with Gasteiger partial charge in [-0.15, -0.1) is 0 Å². The first kappa shape index (κ1) is 8.22. The minimum absolute atomic E-state index is 0.819. The number of hydrogen-bond acceptors (Lipinski definition) is 1. The topological polar surface area (TPSA) is 25.0 Å². The summed E-state index contributed by atoms with van der Waals surface area (Å²) in [6.07, 6.45) is 1.03. The Morgan fingerprint density at radius 3 is 2.94 bits per heavy atom. The Kier molecular flexibility index (Phi) is 1.43. The van der Waals surface area contributed by atoms with Crippen LogP contribution in [0.4, 0.5) is 0 Å². The molecule has 1 aromatic heterocycles. The van der Waals surface area contributed by atoms with Crippen molar-refractivity contribution in [1.29, 1.82) is 0 Å². The summed E-state index contributed by atoms with van der Waals surface area (Å²) in [6.45, 7) is 0.819. The van der Waals surface area contributed by atoms with Gasteiger partial charge in [-0.3, -0.25) is 0 Å². The molecule has 2 heteroatoms. The first-order valence-electron chi connectivity index (χ1n) is 5.58. The third-order valence-electron chi connectivity index (χ3n) is 3.32. The number of aromatic amines is 1. The number of para-hydroxylation sites is 1. The number of aromatic nitrogens is 1. The van der Waals surface area contributed by atoms with Crippen LogP contribution in [0.1, 0.15) is 5.56 Å². The molecule has 2 aromatic carbocycles. The molecule has 0 fully saturated rings. The first-order valence-corrected chi connectivity index (χ1v) is 5.58. The van der Waals surface area contributed by atoms with Crippen molar-refractivity contribution in [3.63, 3.8) is 0 Å². The van der Waals surface area contributed by atoms with Crippen molar-refractivity contribution in [2.24, 2.45) is 0 Å². The fourth-order valence-electron chi connectivity index (χ4n) is 2.52.